The maximum Gasteiger partial charge on any atom is 0.238 e. The molecule has 0 radical (unpaired) electrons. The Hall–Kier alpha value is -1.26. The van der Waals surface area contributed by atoms with E-state index in [1.165, 1.54) is 11.1 Å². The summed E-state index contributed by atoms with van der Waals surface area (Å²) in [6.07, 6.45) is 0. The first-order valence-electron chi connectivity index (χ1n) is 6.82. The summed E-state index contributed by atoms with van der Waals surface area (Å²) in [5, 5.41) is 0.0682. The summed E-state index contributed by atoms with van der Waals surface area (Å²) in [5.41, 5.74) is 4.52. The van der Waals surface area contributed by atoms with Crippen LogP contribution < -0.4 is 4.90 Å². The molecule has 2 nitrogen and oxygen atoms in total. The second-order valence-corrected chi connectivity index (χ2v) is 7.19. The van der Waals surface area contributed by atoms with Crippen LogP contribution in [0.5, 0.6) is 0 Å². The number of benzene rings is 2. The number of aryl methyl sites for hydroxylation is 2. The molecule has 4 heteroatoms. The van der Waals surface area contributed by atoms with E-state index in [0.29, 0.717) is 5.75 Å². The van der Waals surface area contributed by atoms with E-state index < -0.39 is 0 Å². The maximum absolute atomic E-state index is 12.3. The molecule has 1 saturated heterocycles. The Kier molecular flexibility index (Phi) is 4.09. The Morgan fingerprint density at radius 3 is 2.52 bits per heavy atom. The number of hydrogen-bond acceptors (Lipinski definition) is 2. The van der Waals surface area contributed by atoms with Crippen molar-refractivity contribution in [2.24, 2.45) is 0 Å². The molecule has 0 saturated carbocycles. The smallest absolute Gasteiger partial charge is 0.238 e. The first-order valence-corrected chi connectivity index (χ1v) is 8.67. The molecule has 0 bridgehead atoms. The van der Waals surface area contributed by atoms with Crippen LogP contribution in [-0.2, 0) is 4.79 Å². The van der Waals surface area contributed by atoms with Crippen molar-refractivity contribution in [1.29, 1.82) is 0 Å². The fourth-order valence-electron chi connectivity index (χ4n) is 2.46. The van der Waals surface area contributed by atoms with Crippen molar-refractivity contribution in [2.75, 3.05) is 10.7 Å². The molecular formula is C17H16BrNOS. The van der Waals surface area contributed by atoms with Crippen molar-refractivity contribution >= 4 is 39.3 Å². The molecule has 1 amide bonds. The van der Waals surface area contributed by atoms with Gasteiger partial charge >= 0.3 is 0 Å². The van der Waals surface area contributed by atoms with E-state index in [-0.39, 0.29) is 11.3 Å². The van der Waals surface area contributed by atoms with Gasteiger partial charge in [0.15, 0.2) is 0 Å². The predicted octanol–water partition coefficient (Wildman–Crippen LogP) is 4.84. The zero-order chi connectivity index (χ0) is 15.0. The summed E-state index contributed by atoms with van der Waals surface area (Å²) >= 11 is 5.20. The number of anilines is 1. The number of carbonyl (C=O) groups is 1. The Labute approximate surface area is 137 Å². The Balaban J connectivity index is 1.99. The molecule has 1 heterocycles. The van der Waals surface area contributed by atoms with Gasteiger partial charge in [0.2, 0.25) is 5.91 Å². The normalized spacial score (nSPS) is 18.3. The van der Waals surface area contributed by atoms with E-state index in [1.807, 2.05) is 24.0 Å². The second-order valence-electron chi connectivity index (χ2n) is 5.27. The highest BCUT2D eigenvalue weighted by Gasteiger charge is 2.34. The molecule has 2 aromatic carbocycles. The molecule has 3 rings (SSSR count). The molecule has 1 atom stereocenters. The quantitative estimate of drug-likeness (QED) is 0.762. The summed E-state index contributed by atoms with van der Waals surface area (Å²) in [6.45, 7) is 4.12. The minimum Gasteiger partial charge on any atom is -0.295 e. The number of amides is 1. The summed E-state index contributed by atoms with van der Waals surface area (Å²) in [4.78, 5) is 14.2. The van der Waals surface area contributed by atoms with E-state index in [0.717, 1.165) is 15.7 Å². The zero-order valence-electron chi connectivity index (χ0n) is 12.0. The lowest BCUT2D eigenvalue weighted by molar-refractivity contribution is -0.115. The van der Waals surface area contributed by atoms with Crippen molar-refractivity contribution < 1.29 is 4.79 Å². The van der Waals surface area contributed by atoms with E-state index in [1.54, 1.807) is 11.8 Å². The average Bonchev–Trinajstić information content (AvgIpc) is 2.85. The number of hydrogen-bond donors (Lipinski definition) is 0. The van der Waals surface area contributed by atoms with Crippen LogP contribution in [0.15, 0.2) is 46.9 Å². The van der Waals surface area contributed by atoms with Crippen LogP contribution in [0.25, 0.3) is 0 Å². The van der Waals surface area contributed by atoms with Crippen LogP contribution >= 0.6 is 27.7 Å². The lowest BCUT2D eigenvalue weighted by Gasteiger charge is -2.25. The third-order valence-electron chi connectivity index (χ3n) is 3.65. The van der Waals surface area contributed by atoms with Crippen LogP contribution in [0.2, 0.25) is 0 Å². The van der Waals surface area contributed by atoms with Crippen molar-refractivity contribution in [1.82, 2.24) is 0 Å². The number of rotatable bonds is 2. The number of halogens is 1. The lowest BCUT2D eigenvalue weighted by atomic mass is 10.1. The Morgan fingerprint density at radius 2 is 1.86 bits per heavy atom. The first-order chi connectivity index (χ1) is 10.1. The summed E-state index contributed by atoms with van der Waals surface area (Å²) in [5.74, 6) is 0.709. The summed E-state index contributed by atoms with van der Waals surface area (Å²) in [7, 11) is 0. The number of nitrogens with zero attached hydrogens (tertiary/aromatic N) is 1. The van der Waals surface area contributed by atoms with Crippen LogP contribution in [0, 0.1) is 13.8 Å². The van der Waals surface area contributed by atoms with Gasteiger partial charge in [0.05, 0.1) is 5.75 Å². The molecule has 21 heavy (non-hydrogen) atoms. The molecule has 0 spiro atoms. The van der Waals surface area contributed by atoms with Gasteiger partial charge in [0, 0.05) is 10.2 Å². The maximum atomic E-state index is 12.3. The molecule has 1 aliphatic rings. The van der Waals surface area contributed by atoms with Gasteiger partial charge in [-0.1, -0.05) is 45.8 Å². The second kappa shape index (κ2) is 5.85. The van der Waals surface area contributed by atoms with Gasteiger partial charge in [0.1, 0.15) is 5.37 Å². The highest BCUT2D eigenvalue weighted by Crippen LogP contribution is 2.42. The number of thioether (sulfide) groups is 1. The van der Waals surface area contributed by atoms with Crippen molar-refractivity contribution in [3.8, 4) is 0 Å². The highest BCUT2D eigenvalue weighted by molar-refractivity contribution is 9.10. The Morgan fingerprint density at radius 1 is 1.14 bits per heavy atom. The molecule has 0 N–H and O–H groups in total. The molecule has 0 aromatic heterocycles. The van der Waals surface area contributed by atoms with Gasteiger partial charge in [0.25, 0.3) is 0 Å². The standard InChI is InChI=1S/C17H16BrNOS/c1-11-3-5-13(6-4-11)17-19(16(20)10-21-17)14-7-8-15(18)12(2)9-14/h3-9,17H,10H2,1-2H3. The molecule has 1 unspecified atom stereocenters. The van der Waals surface area contributed by atoms with Gasteiger partial charge in [-0.3, -0.25) is 9.69 Å². The molecule has 0 aliphatic carbocycles. The van der Waals surface area contributed by atoms with Crippen LogP contribution in [-0.4, -0.2) is 11.7 Å². The highest BCUT2D eigenvalue weighted by atomic mass is 79.9. The first kappa shape index (κ1) is 14.7. The fourth-order valence-corrected chi connectivity index (χ4v) is 3.88. The number of carbonyl (C=O) groups excluding carboxylic acids is 1. The predicted molar refractivity (Wildman–Crippen MR) is 92.7 cm³/mol. The lowest BCUT2D eigenvalue weighted by Crippen LogP contribution is -2.27. The SMILES string of the molecule is Cc1ccc(C2SCC(=O)N2c2ccc(Br)c(C)c2)cc1. The van der Waals surface area contributed by atoms with Crippen molar-refractivity contribution in [2.45, 2.75) is 19.2 Å². The van der Waals surface area contributed by atoms with Gasteiger partial charge in [-0.25, -0.2) is 0 Å². The third kappa shape index (κ3) is 2.87. The molecular weight excluding hydrogens is 346 g/mol. The fraction of sp³-hybridized carbons (Fsp3) is 0.235. The average molecular weight is 362 g/mol. The molecule has 2 aromatic rings. The van der Waals surface area contributed by atoms with Gasteiger partial charge in [-0.05, 0) is 43.2 Å². The van der Waals surface area contributed by atoms with E-state index in [2.05, 4.69) is 53.2 Å². The monoisotopic (exact) mass is 361 g/mol. The molecule has 108 valence electrons. The summed E-state index contributed by atoms with van der Waals surface area (Å²) in [6, 6.07) is 14.5. The van der Waals surface area contributed by atoms with Crippen molar-refractivity contribution in [3.05, 3.63) is 63.6 Å². The Bertz CT molecular complexity index is 684. The van der Waals surface area contributed by atoms with E-state index in [4.69, 9.17) is 0 Å². The largest absolute Gasteiger partial charge is 0.295 e. The van der Waals surface area contributed by atoms with Crippen LogP contribution in [0.4, 0.5) is 5.69 Å². The van der Waals surface area contributed by atoms with Crippen LogP contribution in [0.3, 0.4) is 0 Å². The molecule has 1 fully saturated rings. The van der Waals surface area contributed by atoms with Crippen molar-refractivity contribution in [3.63, 3.8) is 0 Å². The van der Waals surface area contributed by atoms with Gasteiger partial charge in [-0.2, -0.15) is 0 Å². The minimum absolute atomic E-state index is 0.0682. The van der Waals surface area contributed by atoms with E-state index in [9.17, 15) is 4.79 Å². The van der Waals surface area contributed by atoms with Gasteiger partial charge < -0.3 is 0 Å². The van der Waals surface area contributed by atoms with Crippen LogP contribution in [0.1, 0.15) is 22.1 Å². The topological polar surface area (TPSA) is 20.3 Å². The third-order valence-corrected chi connectivity index (χ3v) is 5.75. The summed E-state index contributed by atoms with van der Waals surface area (Å²) < 4.78 is 1.07. The van der Waals surface area contributed by atoms with E-state index >= 15 is 0 Å². The van der Waals surface area contributed by atoms with Gasteiger partial charge in [-0.15, -0.1) is 11.8 Å². The minimum atomic E-state index is 0.0682. The zero-order valence-corrected chi connectivity index (χ0v) is 14.4. The molecule has 1 aliphatic heterocycles.